The minimum absolute atomic E-state index is 0. The number of rotatable bonds is 6. The molecule has 0 aliphatic rings. The summed E-state index contributed by atoms with van der Waals surface area (Å²) in [6.45, 7) is 2.33. The van der Waals surface area contributed by atoms with Crippen LogP contribution in [0.25, 0.3) is 0 Å². The zero-order chi connectivity index (χ0) is 12.0. The highest BCUT2D eigenvalue weighted by Crippen LogP contribution is 2.24. The maximum Gasteiger partial charge on any atom is 0.128 e. The van der Waals surface area contributed by atoms with E-state index in [1.54, 1.807) is 0 Å². The number of aliphatic hydroxyl groups excluding tert-OH is 1. The fraction of sp³-hybridized carbons (Fsp3) is 0.455. The summed E-state index contributed by atoms with van der Waals surface area (Å²) in [5, 5.41) is 30.3. The maximum atomic E-state index is 9.80. The lowest BCUT2D eigenvalue weighted by Gasteiger charge is -2.10. The van der Waals surface area contributed by atoms with E-state index in [0.717, 1.165) is 19.5 Å². The molecule has 1 rings (SSSR count). The molecule has 5 nitrogen and oxygen atoms in total. The van der Waals surface area contributed by atoms with Gasteiger partial charge in [-0.3, -0.25) is 0 Å². The average molecular weight is 299 g/mol. The Balaban J connectivity index is 0. The first-order valence-electron chi connectivity index (χ1n) is 5.45. The van der Waals surface area contributed by atoms with Crippen LogP contribution in [-0.4, -0.2) is 35.0 Å². The van der Waals surface area contributed by atoms with E-state index >= 15 is 0 Å². The van der Waals surface area contributed by atoms with Crippen LogP contribution in [0.2, 0.25) is 0 Å². The second-order valence-electron chi connectivity index (χ2n) is 3.82. The third kappa shape index (κ3) is 6.88. The number of aliphatic hydroxyl groups is 1. The second-order valence-corrected chi connectivity index (χ2v) is 3.82. The van der Waals surface area contributed by atoms with Gasteiger partial charge in [-0.25, -0.2) is 0 Å². The van der Waals surface area contributed by atoms with E-state index < -0.39 is 6.10 Å². The molecule has 106 valence electrons. The van der Waals surface area contributed by atoms with Crippen molar-refractivity contribution in [2.45, 2.75) is 12.5 Å². The van der Waals surface area contributed by atoms with Crippen LogP contribution in [0, 0.1) is 0 Å². The third-order valence-electron chi connectivity index (χ3n) is 2.36. The van der Waals surface area contributed by atoms with Gasteiger partial charge in [0.1, 0.15) is 24.1 Å². The van der Waals surface area contributed by atoms with Gasteiger partial charge in [0.2, 0.25) is 0 Å². The van der Waals surface area contributed by atoms with Crippen molar-refractivity contribution >= 4 is 0 Å². The molecule has 0 saturated carbocycles. The molecular weight excluding hydrogens is 279 g/mol. The van der Waals surface area contributed by atoms with Gasteiger partial charge >= 0.3 is 0 Å². The van der Waals surface area contributed by atoms with Crippen molar-refractivity contribution in [2.75, 3.05) is 19.6 Å². The number of aromatic hydroxyl groups is 2. The van der Waals surface area contributed by atoms with Crippen LogP contribution >= 0.6 is 0 Å². The van der Waals surface area contributed by atoms with Crippen molar-refractivity contribution in [3.05, 3.63) is 23.8 Å². The summed E-state index contributed by atoms with van der Waals surface area (Å²) in [6, 6.07) is 4.15. The van der Waals surface area contributed by atoms with Gasteiger partial charge < -0.3 is 51.2 Å². The normalized spacial score (nSPS) is 11.2. The molecule has 1 aromatic rings. The molecule has 0 radical (unpaired) electrons. The van der Waals surface area contributed by atoms with Crippen molar-refractivity contribution in [1.82, 2.24) is 0 Å². The SMILES string of the molecule is [Cl-].[Cl-].[NH3+]CCC[NH2+]CC(O)c1cc(O)cc(O)c1. The average Bonchev–Trinajstić information content (AvgIpc) is 2.22. The van der Waals surface area contributed by atoms with E-state index in [0.29, 0.717) is 12.1 Å². The Morgan fingerprint density at radius 2 is 1.67 bits per heavy atom. The van der Waals surface area contributed by atoms with Crippen LogP contribution in [0.5, 0.6) is 11.5 Å². The van der Waals surface area contributed by atoms with Crippen LogP contribution in [0.4, 0.5) is 0 Å². The highest BCUT2D eigenvalue weighted by molar-refractivity contribution is 5.37. The van der Waals surface area contributed by atoms with Crippen molar-refractivity contribution in [1.29, 1.82) is 0 Å². The summed E-state index contributed by atoms with van der Waals surface area (Å²) in [5.41, 5.74) is 4.27. The molecular formula is C11H20Cl2N2O3. The first-order valence-corrected chi connectivity index (χ1v) is 5.45. The fourth-order valence-corrected chi connectivity index (χ4v) is 1.51. The number of quaternary nitrogens is 2. The van der Waals surface area contributed by atoms with Crippen molar-refractivity contribution < 1.29 is 51.2 Å². The van der Waals surface area contributed by atoms with Crippen LogP contribution in [-0.2, 0) is 0 Å². The van der Waals surface area contributed by atoms with Crippen molar-refractivity contribution in [3.63, 3.8) is 0 Å². The summed E-state index contributed by atoms with van der Waals surface area (Å²) in [7, 11) is 0. The predicted octanol–water partition coefficient (Wildman–Crippen LogP) is -7.67. The molecule has 0 fully saturated rings. The molecule has 8 N–H and O–H groups in total. The smallest absolute Gasteiger partial charge is 0.128 e. The highest BCUT2D eigenvalue weighted by Gasteiger charge is 2.11. The summed E-state index contributed by atoms with van der Waals surface area (Å²) < 4.78 is 0. The first kappa shape index (κ1) is 19.6. The van der Waals surface area contributed by atoms with E-state index in [1.807, 2.05) is 5.32 Å². The summed E-state index contributed by atoms with van der Waals surface area (Å²) >= 11 is 0. The lowest BCUT2D eigenvalue weighted by atomic mass is 10.1. The van der Waals surface area contributed by atoms with E-state index in [1.165, 1.54) is 18.2 Å². The Bertz CT molecular complexity index is 320. The minimum Gasteiger partial charge on any atom is -1.00 e. The van der Waals surface area contributed by atoms with E-state index in [4.69, 9.17) is 0 Å². The molecule has 1 aromatic carbocycles. The summed E-state index contributed by atoms with van der Waals surface area (Å²) in [6.07, 6.45) is 0.334. The molecule has 0 bridgehead atoms. The molecule has 1 unspecified atom stereocenters. The van der Waals surface area contributed by atoms with E-state index in [2.05, 4.69) is 5.73 Å². The fourth-order valence-electron chi connectivity index (χ4n) is 1.51. The molecule has 0 aliphatic carbocycles. The molecule has 0 spiro atoms. The Kier molecular flexibility index (Phi) is 11.1. The number of phenolic OH excluding ortho intramolecular Hbond substituents is 2. The maximum absolute atomic E-state index is 9.80. The molecule has 0 amide bonds. The zero-order valence-electron chi connectivity index (χ0n) is 10.0. The Hall–Kier alpha value is -0.720. The lowest BCUT2D eigenvalue weighted by molar-refractivity contribution is -0.664. The van der Waals surface area contributed by atoms with Gasteiger partial charge in [-0.15, -0.1) is 0 Å². The molecule has 0 saturated heterocycles. The van der Waals surface area contributed by atoms with Crippen LogP contribution in [0.3, 0.4) is 0 Å². The molecule has 1 atom stereocenters. The zero-order valence-corrected chi connectivity index (χ0v) is 11.5. The summed E-state index contributed by atoms with van der Waals surface area (Å²) in [4.78, 5) is 0. The standard InChI is InChI=1S/C11H18N2O3.2ClH/c12-2-1-3-13-7-11(16)8-4-9(14)6-10(15)5-8;;/h4-6,11,13-16H,1-3,7,12H2;2*1H. The number of nitrogens with two attached hydrogens (primary N) is 1. The van der Waals surface area contributed by atoms with Gasteiger partial charge in [-0.1, -0.05) is 0 Å². The van der Waals surface area contributed by atoms with Crippen LogP contribution in [0.15, 0.2) is 18.2 Å². The number of hydrogen-bond donors (Lipinski definition) is 5. The first-order chi connectivity index (χ1) is 7.63. The number of phenols is 2. The topological polar surface area (TPSA) is 105 Å². The Morgan fingerprint density at radius 1 is 1.11 bits per heavy atom. The number of halogens is 2. The monoisotopic (exact) mass is 298 g/mol. The largest absolute Gasteiger partial charge is 1.00 e. The number of benzene rings is 1. The predicted molar refractivity (Wildman–Crippen MR) is 58.8 cm³/mol. The van der Waals surface area contributed by atoms with Gasteiger partial charge in [0.15, 0.2) is 0 Å². The van der Waals surface area contributed by atoms with Gasteiger partial charge in [0.25, 0.3) is 0 Å². The Morgan fingerprint density at radius 3 is 2.17 bits per heavy atom. The molecule has 0 aromatic heterocycles. The van der Waals surface area contributed by atoms with Crippen LogP contribution in [0.1, 0.15) is 18.1 Å². The van der Waals surface area contributed by atoms with E-state index in [-0.39, 0.29) is 36.3 Å². The van der Waals surface area contributed by atoms with Crippen molar-refractivity contribution in [3.8, 4) is 11.5 Å². The van der Waals surface area contributed by atoms with Gasteiger partial charge in [0.05, 0.1) is 13.1 Å². The quantitative estimate of drug-likeness (QED) is 0.337. The number of hydrogen-bond acceptors (Lipinski definition) is 3. The van der Waals surface area contributed by atoms with E-state index in [9.17, 15) is 15.3 Å². The van der Waals surface area contributed by atoms with Crippen molar-refractivity contribution in [2.24, 2.45) is 0 Å². The van der Waals surface area contributed by atoms with Gasteiger partial charge in [-0.05, 0) is 17.7 Å². The molecule has 0 aliphatic heterocycles. The molecule has 7 heteroatoms. The highest BCUT2D eigenvalue weighted by atomic mass is 35.5. The lowest BCUT2D eigenvalue weighted by Crippen LogP contribution is -3.00. The third-order valence-corrected chi connectivity index (χ3v) is 2.36. The summed E-state index contributed by atoms with van der Waals surface area (Å²) in [5.74, 6) is -0.0707. The molecule has 18 heavy (non-hydrogen) atoms. The van der Waals surface area contributed by atoms with Gasteiger partial charge in [-0.2, -0.15) is 0 Å². The van der Waals surface area contributed by atoms with Gasteiger partial charge in [0, 0.05) is 12.5 Å². The van der Waals surface area contributed by atoms with Crippen LogP contribution < -0.4 is 35.9 Å². The second kappa shape index (κ2) is 10.2. The Labute approximate surface area is 119 Å². The minimum atomic E-state index is -0.678. The molecule has 0 heterocycles.